The lowest BCUT2D eigenvalue weighted by molar-refractivity contribution is 0.0965. The van der Waals surface area contributed by atoms with Crippen LogP contribution in [0.3, 0.4) is 0 Å². The van der Waals surface area contributed by atoms with Crippen LogP contribution in [0.1, 0.15) is 33.6 Å². The topological polar surface area (TPSA) is 79.5 Å². The average Bonchev–Trinajstić information content (AvgIpc) is 2.37. The lowest BCUT2D eigenvalue weighted by Crippen LogP contribution is -2.12. The Labute approximate surface area is 114 Å². The van der Waals surface area contributed by atoms with Crippen LogP contribution in [0.5, 0.6) is 11.8 Å². The summed E-state index contributed by atoms with van der Waals surface area (Å²) < 4.78 is 16.3. The molecule has 0 radical (unpaired) electrons. The van der Waals surface area contributed by atoms with Crippen molar-refractivity contribution >= 4 is 5.69 Å². The Bertz CT molecular complexity index is 372. The highest BCUT2D eigenvalue weighted by molar-refractivity contribution is 5.55. The highest BCUT2D eigenvalue weighted by Crippen LogP contribution is 2.27. The van der Waals surface area contributed by atoms with E-state index in [4.69, 9.17) is 19.9 Å². The van der Waals surface area contributed by atoms with E-state index in [-0.39, 0.29) is 6.10 Å². The van der Waals surface area contributed by atoms with Gasteiger partial charge in [0, 0.05) is 6.61 Å². The minimum absolute atomic E-state index is 0.00225. The molecule has 0 aliphatic rings. The summed E-state index contributed by atoms with van der Waals surface area (Å²) in [5.41, 5.74) is 6.20. The van der Waals surface area contributed by atoms with Gasteiger partial charge in [0.15, 0.2) is 5.69 Å². The maximum absolute atomic E-state index is 5.88. The zero-order valence-electron chi connectivity index (χ0n) is 11.9. The van der Waals surface area contributed by atoms with Crippen LogP contribution in [-0.4, -0.2) is 35.9 Å². The molecule has 0 atom stereocenters. The number of unbranched alkanes of at least 4 members (excludes halogenated alkanes) is 1. The van der Waals surface area contributed by atoms with Gasteiger partial charge in [0.25, 0.3) is 0 Å². The molecule has 0 bridgehead atoms. The van der Waals surface area contributed by atoms with Crippen LogP contribution in [0.25, 0.3) is 0 Å². The average molecular weight is 269 g/mol. The Morgan fingerprint density at radius 3 is 2.58 bits per heavy atom. The number of nitrogens with two attached hydrogens (primary N) is 1. The Balaban J connectivity index is 2.41. The first-order valence-electron chi connectivity index (χ1n) is 6.62. The lowest BCUT2D eigenvalue weighted by atomic mass is 10.4. The summed E-state index contributed by atoms with van der Waals surface area (Å²) >= 11 is 0. The molecule has 0 aliphatic heterocycles. The van der Waals surface area contributed by atoms with Crippen LogP contribution in [0.4, 0.5) is 5.69 Å². The minimum Gasteiger partial charge on any atom is -0.474 e. The van der Waals surface area contributed by atoms with E-state index < -0.39 is 0 Å². The number of anilines is 1. The van der Waals surface area contributed by atoms with Gasteiger partial charge in [-0.2, -0.15) is 9.97 Å². The van der Waals surface area contributed by atoms with Gasteiger partial charge in [-0.05, 0) is 20.3 Å². The van der Waals surface area contributed by atoms with Crippen molar-refractivity contribution in [1.82, 2.24) is 9.97 Å². The first-order chi connectivity index (χ1) is 9.15. The molecule has 0 unspecified atom stereocenters. The molecule has 0 aliphatic carbocycles. The van der Waals surface area contributed by atoms with Gasteiger partial charge in [0.05, 0.1) is 12.7 Å². The van der Waals surface area contributed by atoms with Crippen molar-refractivity contribution in [3.63, 3.8) is 0 Å². The number of ether oxygens (including phenoxy) is 3. The molecule has 2 N–H and O–H groups in total. The Morgan fingerprint density at radius 1 is 1.16 bits per heavy atom. The third-order valence-corrected chi connectivity index (χ3v) is 2.27. The maximum Gasteiger partial charge on any atom is 0.244 e. The highest BCUT2D eigenvalue weighted by Gasteiger charge is 2.11. The van der Waals surface area contributed by atoms with Crippen molar-refractivity contribution in [2.45, 2.75) is 39.7 Å². The van der Waals surface area contributed by atoms with Gasteiger partial charge in [-0.1, -0.05) is 13.3 Å². The first kappa shape index (κ1) is 15.5. The number of rotatable bonds is 9. The van der Waals surface area contributed by atoms with E-state index in [1.807, 2.05) is 13.8 Å². The summed E-state index contributed by atoms with van der Waals surface area (Å²) in [6, 6.07) is 0. The van der Waals surface area contributed by atoms with Crippen LogP contribution in [0.2, 0.25) is 0 Å². The molecule has 0 amide bonds. The van der Waals surface area contributed by atoms with Crippen LogP contribution in [-0.2, 0) is 4.74 Å². The standard InChI is InChI=1S/C13H23N3O3/c1-4-5-6-17-7-8-18-12-11(14)13(16-9-15-12)19-10(2)3/h9-10H,4-8,14H2,1-3H3. The molecule has 19 heavy (non-hydrogen) atoms. The second-order valence-corrected chi connectivity index (χ2v) is 4.38. The van der Waals surface area contributed by atoms with E-state index in [0.717, 1.165) is 19.4 Å². The fourth-order valence-electron chi connectivity index (χ4n) is 1.34. The van der Waals surface area contributed by atoms with Crippen molar-refractivity contribution in [1.29, 1.82) is 0 Å². The summed E-state index contributed by atoms with van der Waals surface area (Å²) in [4.78, 5) is 7.96. The Morgan fingerprint density at radius 2 is 1.89 bits per heavy atom. The molecule has 0 spiro atoms. The quantitative estimate of drug-likeness (QED) is 0.691. The van der Waals surface area contributed by atoms with E-state index in [9.17, 15) is 0 Å². The molecule has 1 heterocycles. The molecule has 6 nitrogen and oxygen atoms in total. The Kier molecular flexibility index (Phi) is 6.95. The van der Waals surface area contributed by atoms with E-state index in [2.05, 4.69) is 16.9 Å². The summed E-state index contributed by atoms with van der Waals surface area (Å²) in [7, 11) is 0. The van der Waals surface area contributed by atoms with Crippen molar-refractivity contribution in [3.05, 3.63) is 6.33 Å². The Hall–Kier alpha value is -1.56. The molecule has 1 rings (SSSR count). The van der Waals surface area contributed by atoms with Crippen molar-refractivity contribution in [3.8, 4) is 11.8 Å². The second kappa shape index (κ2) is 8.53. The maximum atomic E-state index is 5.88. The largest absolute Gasteiger partial charge is 0.474 e. The lowest BCUT2D eigenvalue weighted by Gasteiger charge is -2.13. The number of hydrogen-bond acceptors (Lipinski definition) is 6. The predicted molar refractivity (Wildman–Crippen MR) is 73.4 cm³/mol. The second-order valence-electron chi connectivity index (χ2n) is 4.38. The molecular formula is C13H23N3O3. The van der Waals surface area contributed by atoms with Gasteiger partial charge >= 0.3 is 0 Å². The van der Waals surface area contributed by atoms with Crippen LogP contribution in [0.15, 0.2) is 6.33 Å². The van der Waals surface area contributed by atoms with Crippen molar-refractivity contribution in [2.75, 3.05) is 25.6 Å². The minimum atomic E-state index is 0.00225. The summed E-state index contributed by atoms with van der Waals surface area (Å²) in [5, 5.41) is 0. The third kappa shape index (κ3) is 5.74. The number of nitrogens with zero attached hydrogens (tertiary/aromatic N) is 2. The van der Waals surface area contributed by atoms with Gasteiger partial charge in [0.1, 0.15) is 12.9 Å². The molecule has 0 aromatic carbocycles. The number of nitrogen functional groups attached to an aromatic ring is 1. The number of aromatic nitrogens is 2. The molecule has 1 aromatic heterocycles. The van der Waals surface area contributed by atoms with Crippen LogP contribution in [0, 0.1) is 0 Å². The van der Waals surface area contributed by atoms with Gasteiger partial charge < -0.3 is 19.9 Å². The molecule has 108 valence electrons. The van der Waals surface area contributed by atoms with Gasteiger partial charge in [-0.3, -0.25) is 0 Å². The smallest absolute Gasteiger partial charge is 0.244 e. The van der Waals surface area contributed by atoms with Gasteiger partial charge in [0.2, 0.25) is 11.8 Å². The van der Waals surface area contributed by atoms with E-state index in [1.54, 1.807) is 0 Å². The van der Waals surface area contributed by atoms with Crippen molar-refractivity contribution < 1.29 is 14.2 Å². The predicted octanol–water partition coefficient (Wildman–Crippen LogP) is 2.04. The molecule has 1 aromatic rings. The van der Waals surface area contributed by atoms with E-state index in [0.29, 0.717) is 30.7 Å². The van der Waals surface area contributed by atoms with E-state index in [1.165, 1.54) is 6.33 Å². The SMILES string of the molecule is CCCCOCCOc1ncnc(OC(C)C)c1N. The molecule has 0 saturated heterocycles. The fourth-order valence-corrected chi connectivity index (χ4v) is 1.34. The molecule has 0 saturated carbocycles. The first-order valence-corrected chi connectivity index (χ1v) is 6.62. The van der Waals surface area contributed by atoms with Crippen LogP contribution >= 0.6 is 0 Å². The third-order valence-electron chi connectivity index (χ3n) is 2.27. The zero-order chi connectivity index (χ0) is 14.1. The fraction of sp³-hybridized carbons (Fsp3) is 0.692. The summed E-state index contributed by atoms with van der Waals surface area (Å²) in [6.45, 7) is 7.61. The van der Waals surface area contributed by atoms with Crippen molar-refractivity contribution in [2.24, 2.45) is 0 Å². The molecule has 6 heteroatoms. The van der Waals surface area contributed by atoms with E-state index >= 15 is 0 Å². The van der Waals surface area contributed by atoms with Crippen LogP contribution < -0.4 is 15.2 Å². The highest BCUT2D eigenvalue weighted by atomic mass is 16.5. The summed E-state index contributed by atoms with van der Waals surface area (Å²) in [6.07, 6.45) is 3.56. The molecular weight excluding hydrogens is 246 g/mol. The molecule has 0 fully saturated rings. The normalized spacial score (nSPS) is 10.7. The zero-order valence-corrected chi connectivity index (χ0v) is 11.9. The summed E-state index contributed by atoms with van der Waals surface area (Å²) in [5.74, 6) is 0.691. The van der Waals surface area contributed by atoms with Gasteiger partial charge in [-0.25, -0.2) is 0 Å². The monoisotopic (exact) mass is 269 g/mol. The number of hydrogen-bond donors (Lipinski definition) is 1. The van der Waals surface area contributed by atoms with Gasteiger partial charge in [-0.15, -0.1) is 0 Å².